The molecular weight excluding hydrogens is 244 g/mol. The van der Waals surface area contributed by atoms with Gasteiger partial charge in [0.25, 0.3) is 0 Å². The minimum absolute atomic E-state index is 0.467. The summed E-state index contributed by atoms with van der Waals surface area (Å²) in [7, 11) is 1.59. The van der Waals surface area contributed by atoms with Gasteiger partial charge in [-0.2, -0.15) is 0 Å². The predicted molar refractivity (Wildman–Crippen MR) is 67.0 cm³/mol. The zero-order valence-corrected chi connectivity index (χ0v) is 10.3. The normalized spacial score (nSPS) is 10.4. The van der Waals surface area contributed by atoms with E-state index >= 15 is 0 Å². The molecule has 0 aliphatic carbocycles. The highest BCUT2D eigenvalue weighted by molar-refractivity contribution is 7.09. The minimum Gasteiger partial charge on any atom is -0.495 e. The lowest BCUT2D eigenvalue weighted by Gasteiger charge is -2.03. The molecule has 16 heavy (non-hydrogen) atoms. The van der Waals surface area contributed by atoms with Crippen molar-refractivity contribution >= 4 is 22.9 Å². The number of thiazole rings is 1. The van der Waals surface area contributed by atoms with Crippen LogP contribution in [0, 0.1) is 0 Å². The lowest BCUT2D eigenvalue weighted by atomic mass is 10.2. The van der Waals surface area contributed by atoms with Crippen molar-refractivity contribution in [1.29, 1.82) is 0 Å². The van der Waals surface area contributed by atoms with E-state index in [4.69, 9.17) is 22.1 Å². The SMILES string of the molecule is COc1ccc(-c2csc(CN)n2)cc1Cl. The first-order valence-electron chi connectivity index (χ1n) is 4.73. The lowest BCUT2D eigenvalue weighted by molar-refractivity contribution is 0.415. The van der Waals surface area contributed by atoms with E-state index in [2.05, 4.69) is 4.98 Å². The van der Waals surface area contributed by atoms with Crippen molar-refractivity contribution in [2.75, 3.05) is 7.11 Å². The lowest BCUT2D eigenvalue weighted by Crippen LogP contribution is -1.94. The number of methoxy groups -OCH3 is 1. The van der Waals surface area contributed by atoms with Crippen LogP contribution < -0.4 is 10.5 Å². The average Bonchev–Trinajstić information content (AvgIpc) is 2.77. The van der Waals surface area contributed by atoms with Crippen LogP contribution in [0.25, 0.3) is 11.3 Å². The summed E-state index contributed by atoms with van der Waals surface area (Å²) in [6, 6.07) is 5.61. The summed E-state index contributed by atoms with van der Waals surface area (Å²) in [6.07, 6.45) is 0. The summed E-state index contributed by atoms with van der Waals surface area (Å²) in [5.74, 6) is 0.666. The predicted octanol–water partition coefficient (Wildman–Crippen LogP) is 2.93. The average molecular weight is 255 g/mol. The van der Waals surface area contributed by atoms with E-state index in [9.17, 15) is 0 Å². The largest absolute Gasteiger partial charge is 0.495 e. The smallest absolute Gasteiger partial charge is 0.137 e. The summed E-state index contributed by atoms with van der Waals surface area (Å²) >= 11 is 7.60. The van der Waals surface area contributed by atoms with Crippen LogP contribution in [0.1, 0.15) is 5.01 Å². The Morgan fingerprint density at radius 2 is 2.31 bits per heavy atom. The molecule has 0 atom stereocenters. The molecule has 0 fully saturated rings. The van der Waals surface area contributed by atoms with Gasteiger partial charge in [-0.25, -0.2) is 4.98 Å². The molecule has 1 aromatic heterocycles. The highest BCUT2D eigenvalue weighted by Gasteiger charge is 2.06. The van der Waals surface area contributed by atoms with E-state index in [1.807, 2.05) is 23.6 Å². The zero-order valence-electron chi connectivity index (χ0n) is 8.74. The van der Waals surface area contributed by atoms with E-state index in [1.54, 1.807) is 18.4 Å². The molecule has 0 unspecified atom stereocenters. The molecule has 84 valence electrons. The van der Waals surface area contributed by atoms with Crippen LogP contribution in [0.5, 0.6) is 5.75 Å². The minimum atomic E-state index is 0.467. The third kappa shape index (κ3) is 2.19. The van der Waals surface area contributed by atoms with Gasteiger partial charge in [-0.1, -0.05) is 11.6 Å². The maximum absolute atomic E-state index is 6.05. The number of hydrogen-bond donors (Lipinski definition) is 1. The number of nitrogens with two attached hydrogens (primary N) is 1. The molecule has 5 heteroatoms. The van der Waals surface area contributed by atoms with Crippen LogP contribution >= 0.6 is 22.9 Å². The Morgan fingerprint density at radius 1 is 1.50 bits per heavy atom. The second kappa shape index (κ2) is 4.82. The monoisotopic (exact) mass is 254 g/mol. The number of nitrogens with zero attached hydrogens (tertiary/aromatic N) is 1. The van der Waals surface area contributed by atoms with Crippen molar-refractivity contribution in [3.63, 3.8) is 0 Å². The zero-order chi connectivity index (χ0) is 11.5. The Bertz CT molecular complexity index is 498. The van der Waals surface area contributed by atoms with Gasteiger partial charge in [-0.15, -0.1) is 11.3 Å². The number of benzene rings is 1. The fraction of sp³-hybridized carbons (Fsp3) is 0.182. The Balaban J connectivity index is 2.37. The topological polar surface area (TPSA) is 48.1 Å². The van der Waals surface area contributed by atoms with E-state index in [1.165, 1.54) is 0 Å². The molecule has 2 aromatic rings. The molecule has 0 aliphatic heterocycles. The van der Waals surface area contributed by atoms with Crippen molar-refractivity contribution < 1.29 is 4.74 Å². The maximum atomic E-state index is 6.05. The van der Waals surface area contributed by atoms with Gasteiger partial charge in [0, 0.05) is 17.5 Å². The van der Waals surface area contributed by atoms with Crippen LogP contribution in [-0.4, -0.2) is 12.1 Å². The molecule has 1 heterocycles. The van der Waals surface area contributed by atoms with Gasteiger partial charge in [0.05, 0.1) is 17.8 Å². The van der Waals surface area contributed by atoms with Gasteiger partial charge in [-0.3, -0.25) is 0 Å². The second-order valence-electron chi connectivity index (χ2n) is 3.18. The first kappa shape index (κ1) is 11.4. The van der Waals surface area contributed by atoms with Crippen molar-refractivity contribution in [1.82, 2.24) is 4.98 Å². The molecule has 2 rings (SSSR count). The number of halogens is 1. The van der Waals surface area contributed by atoms with E-state index < -0.39 is 0 Å². The maximum Gasteiger partial charge on any atom is 0.137 e. The molecule has 0 saturated heterocycles. The van der Waals surface area contributed by atoms with E-state index in [-0.39, 0.29) is 0 Å². The van der Waals surface area contributed by atoms with Gasteiger partial charge in [0.15, 0.2) is 0 Å². The van der Waals surface area contributed by atoms with Gasteiger partial charge < -0.3 is 10.5 Å². The van der Waals surface area contributed by atoms with Gasteiger partial charge in [0.2, 0.25) is 0 Å². The van der Waals surface area contributed by atoms with E-state index in [0.717, 1.165) is 16.3 Å². The number of hydrogen-bond acceptors (Lipinski definition) is 4. The van der Waals surface area contributed by atoms with Crippen LogP contribution in [0.4, 0.5) is 0 Å². The second-order valence-corrected chi connectivity index (χ2v) is 4.53. The van der Waals surface area contributed by atoms with Crippen molar-refractivity contribution in [3.8, 4) is 17.0 Å². The first-order chi connectivity index (χ1) is 7.74. The van der Waals surface area contributed by atoms with Crippen LogP contribution in [-0.2, 0) is 6.54 Å². The molecule has 0 aliphatic rings. The Hall–Kier alpha value is -1.10. The quantitative estimate of drug-likeness (QED) is 0.916. The van der Waals surface area contributed by atoms with E-state index in [0.29, 0.717) is 17.3 Å². The van der Waals surface area contributed by atoms with Gasteiger partial charge >= 0.3 is 0 Å². The molecule has 3 nitrogen and oxygen atoms in total. The van der Waals surface area contributed by atoms with Crippen LogP contribution in [0.3, 0.4) is 0 Å². The number of ether oxygens (including phenoxy) is 1. The molecule has 0 amide bonds. The summed E-state index contributed by atoms with van der Waals surface area (Å²) in [4.78, 5) is 4.39. The van der Waals surface area contributed by atoms with Crippen molar-refractivity contribution in [2.24, 2.45) is 5.73 Å². The molecule has 2 N–H and O–H groups in total. The van der Waals surface area contributed by atoms with Gasteiger partial charge in [-0.05, 0) is 18.2 Å². The van der Waals surface area contributed by atoms with Gasteiger partial charge in [0.1, 0.15) is 10.8 Å². The molecule has 1 aromatic carbocycles. The third-order valence-electron chi connectivity index (χ3n) is 2.17. The fourth-order valence-corrected chi connectivity index (χ4v) is 2.30. The summed E-state index contributed by atoms with van der Waals surface area (Å²) in [5.41, 5.74) is 7.39. The Morgan fingerprint density at radius 3 is 2.88 bits per heavy atom. The molecule has 0 spiro atoms. The summed E-state index contributed by atoms with van der Waals surface area (Å²) in [5, 5.41) is 3.48. The summed E-state index contributed by atoms with van der Waals surface area (Å²) < 4.78 is 5.09. The van der Waals surface area contributed by atoms with Crippen molar-refractivity contribution in [2.45, 2.75) is 6.54 Å². The highest BCUT2D eigenvalue weighted by atomic mass is 35.5. The highest BCUT2D eigenvalue weighted by Crippen LogP contribution is 2.30. The first-order valence-corrected chi connectivity index (χ1v) is 5.98. The van der Waals surface area contributed by atoms with Crippen molar-refractivity contribution in [3.05, 3.63) is 33.6 Å². The Labute approximate surface area is 103 Å². The van der Waals surface area contributed by atoms with Crippen LogP contribution in [0.2, 0.25) is 5.02 Å². The number of rotatable bonds is 3. The molecule has 0 bridgehead atoms. The standard InChI is InChI=1S/C11H11ClN2OS/c1-15-10-3-2-7(4-8(10)12)9-6-16-11(5-13)14-9/h2-4,6H,5,13H2,1H3. The third-order valence-corrected chi connectivity index (χ3v) is 3.34. The van der Waals surface area contributed by atoms with Crippen LogP contribution in [0.15, 0.2) is 23.6 Å². The Kier molecular flexibility index (Phi) is 3.43. The molecule has 0 saturated carbocycles. The fourth-order valence-electron chi connectivity index (χ4n) is 1.36. The molecular formula is C11H11ClN2OS. The molecule has 0 radical (unpaired) electrons. The summed E-state index contributed by atoms with van der Waals surface area (Å²) in [6.45, 7) is 0.467. The number of aromatic nitrogens is 1.